The fourth-order valence-electron chi connectivity index (χ4n) is 2.85. The molecule has 2 atom stereocenters. The lowest BCUT2D eigenvalue weighted by Gasteiger charge is -2.40. The first-order chi connectivity index (χ1) is 7.23. The number of aliphatic hydroxyl groups is 1. The molecule has 2 rings (SSSR count). The predicted octanol–water partition coefficient (Wildman–Crippen LogP) is 1.40. The zero-order valence-electron chi connectivity index (χ0n) is 9.74. The van der Waals surface area contributed by atoms with Gasteiger partial charge in [0, 0.05) is 19.2 Å². The van der Waals surface area contributed by atoms with Gasteiger partial charge in [0.2, 0.25) is 0 Å². The van der Waals surface area contributed by atoms with Gasteiger partial charge in [-0.25, -0.2) is 0 Å². The summed E-state index contributed by atoms with van der Waals surface area (Å²) in [4.78, 5) is 2.52. The molecule has 2 aliphatic heterocycles. The lowest BCUT2D eigenvalue weighted by atomic mass is 9.87. The van der Waals surface area contributed by atoms with Crippen molar-refractivity contribution in [3.63, 3.8) is 0 Å². The molecule has 2 fully saturated rings. The van der Waals surface area contributed by atoms with Gasteiger partial charge in [0.1, 0.15) is 0 Å². The van der Waals surface area contributed by atoms with Crippen LogP contribution < -0.4 is 0 Å². The van der Waals surface area contributed by atoms with Crippen molar-refractivity contribution in [1.82, 2.24) is 4.90 Å². The van der Waals surface area contributed by atoms with Crippen molar-refractivity contribution in [2.24, 2.45) is 0 Å². The Kier molecular flexibility index (Phi) is 3.65. The second-order valence-corrected chi connectivity index (χ2v) is 5.06. The Morgan fingerprint density at radius 1 is 1.47 bits per heavy atom. The lowest BCUT2D eigenvalue weighted by molar-refractivity contribution is -0.0908. The summed E-state index contributed by atoms with van der Waals surface area (Å²) < 4.78 is 5.51. The fraction of sp³-hybridized carbons (Fsp3) is 1.00. The molecule has 0 amide bonds. The quantitative estimate of drug-likeness (QED) is 0.717. The average Bonchev–Trinajstić information content (AvgIpc) is 2.64. The third-order valence-corrected chi connectivity index (χ3v) is 3.70. The van der Waals surface area contributed by atoms with Crippen LogP contribution in [-0.2, 0) is 4.74 Å². The first-order valence-electron chi connectivity index (χ1n) is 6.28. The summed E-state index contributed by atoms with van der Waals surface area (Å²) in [5, 5.41) is 10.4. The molecule has 2 saturated heterocycles. The summed E-state index contributed by atoms with van der Waals surface area (Å²) in [6, 6.07) is 0.619. The molecule has 88 valence electrons. The highest BCUT2D eigenvalue weighted by atomic mass is 16.5. The van der Waals surface area contributed by atoms with Crippen molar-refractivity contribution in [3.05, 3.63) is 0 Å². The molecule has 0 aromatic heterocycles. The maximum Gasteiger partial charge on any atom is 0.0907 e. The number of nitrogens with zero attached hydrogens (tertiary/aromatic N) is 1. The standard InChI is InChI=1S/C12H23NO2/c1-2-8-15-10-12(14)5-7-13-6-3-4-11(13)9-12/h11,14H,2-10H2,1H3. The minimum Gasteiger partial charge on any atom is -0.387 e. The molecule has 0 aromatic rings. The summed E-state index contributed by atoms with van der Waals surface area (Å²) in [6.45, 7) is 5.69. The number of hydrogen-bond acceptors (Lipinski definition) is 3. The molecular weight excluding hydrogens is 190 g/mol. The third kappa shape index (κ3) is 2.71. The van der Waals surface area contributed by atoms with Gasteiger partial charge in [-0.1, -0.05) is 6.92 Å². The van der Waals surface area contributed by atoms with E-state index in [1.165, 1.54) is 19.4 Å². The van der Waals surface area contributed by atoms with Crippen molar-refractivity contribution < 1.29 is 9.84 Å². The first-order valence-corrected chi connectivity index (χ1v) is 6.28. The van der Waals surface area contributed by atoms with Crippen molar-refractivity contribution in [3.8, 4) is 0 Å². The second-order valence-electron chi connectivity index (χ2n) is 5.06. The minimum atomic E-state index is -0.541. The largest absolute Gasteiger partial charge is 0.387 e. The monoisotopic (exact) mass is 213 g/mol. The number of hydrogen-bond donors (Lipinski definition) is 1. The van der Waals surface area contributed by atoms with Gasteiger partial charge >= 0.3 is 0 Å². The molecule has 2 heterocycles. The Balaban J connectivity index is 1.81. The summed E-state index contributed by atoms with van der Waals surface area (Å²) in [7, 11) is 0. The van der Waals surface area contributed by atoms with Gasteiger partial charge in [-0.3, -0.25) is 0 Å². The highest BCUT2D eigenvalue weighted by Gasteiger charge is 2.40. The predicted molar refractivity (Wildman–Crippen MR) is 59.9 cm³/mol. The molecule has 15 heavy (non-hydrogen) atoms. The van der Waals surface area contributed by atoms with E-state index in [-0.39, 0.29) is 0 Å². The zero-order chi connectivity index (χ0) is 10.7. The molecular formula is C12H23NO2. The summed E-state index contributed by atoms with van der Waals surface area (Å²) in [6.07, 6.45) is 5.39. The van der Waals surface area contributed by atoms with Crippen molar-refractivity contribution in [2.45, 2.75) is 50.7 Å². The average molecular weight is 213 g/mol. The zero-order valence-corrected chi connectivity index (χ0v) is 9.74. The topological polar surface area (TPSA) is 32.7 Å². The highest BCUT2D eigenvalue weighted by Crippen LogP contribution is 2.33. The summed E-state index contributed by atoms with van der Waals surface area (Å²) in [5.41, 5.74) is -0.541. The van der Waals surface area contributed by atoms with Crippen molar-refractivity contribution in [2.75, 3.05) is 26.3 Å². The van der Waals surface area contributed by atoms with Crippen LogP contribution in [0.2, 0.25) is 0 Å². The maximum absolute atomic E-state index is 10.4. The van der Waals surface area contributed by atoms with Crippen LogP contribution in [0.25, 0.3) is 0 Å². The van der Waals surface area contributed by atoms with E-state index < -0.39 is 5.60 Å². The van der Waals surface area contributed by atoms with Gasteiger partial charge in [-0.15, -0.1) is 0 Å². The Morgan fingerprint density at radius 3 is 3.13 bits per heavy atom. The van der Waals surface area contributed by atoms with Gasteiger partial charge in [0.25, 0.3) is 0 Å². The molecule has 0 aliphatic carbocycles. The number of piperidine rings is 1. The van der Waals surface area contributed by atoms with Crippen LogP contribution in [0.15, 0.2) is 0 Å². The van der Waals surface area contributed by atoms with E-state index in [0.29, 0.717) is 12.6 Å². The van der Waals surface area contributed by atoms with E-state index in [1.807, 2.05) is 0 Å². The van der Waals surface area contributed by atoms with Crippen LogP contribution in [0.1, 0.15) is 39.0 Å². The van der Waals surface area contributed by atoms with E-state index in [2.05, 4.69) is 11.8 Å². The molecule has 3 heteroatoms. The molecule has 0 spiro atoms. The Morgan fingerprint density at radius 2 is 2.33 bits per heavy atom. The minimum absolute atomic E-state index is 0.533. The third-order valence-electron chi connectivity index (χ3n) is 3.70. The molecule has 0 radical (unpaired) electrons. The first kappa shape index (κ1) is 11.4. The summed E-state index contributed by atoms with van der Waals surface area (Å²) in [5.74, 6) is 0. The van der Waals surface area contributed by atoms with Crippen LogP contribution in [-0.4, -0.2) is 48.0 Å². The van der Waals surface area contributed by atoms with E-state index >= 15 is 0 Å². The van der Waals surface area contributed by atoms with Gasteiger partial charge in [0.15, 0.2) is 0 Å². The second kappa shape index (κ2) is 4.81. The van der Waals surface area contributed by atoms with Crippen LogP contribution in [0.5, 0.6) is 0 Å². The van der Waals surface area contributed by atoms with E-state index in [0.717, 1.165) is 32.4 Å². The van der Waals surface area contributed by atoms with E-state index in [4.69, 9.17) is 4.74 Å². The smallest absolute Gasteiger partial charge is 0.0907 e. The Labute approximate surface area is 92.4 Å². The van der Waals surface area contributed by atoms with Crippen LogP contribution in [0.4, 0.5) is 0 Å². The molecule has 2 aliphatic rings. The Hall–Kier alpha value is -0.120. The molecule has 2 unspecified atom stereocenters. The van der Waals surface area contributed by atoms with Crippen molar-refractivity contribution >= 4 is 0 Å². The maximum atomic E-state index is 10.4. The molecule has 3 nitrogen and oxygen atoms in total. The molecule has 1 N–H and O–H groups in total. The molecule has 0 bridgehead atoms. The van der Waals surface area contributed by atoms with Crippen LogP contribution in [0.3, 0.4) is 0 Å². The number of ether oxygens (including phenoxy) is 1. The van der Waals surface area contributed by atoms with Gasteiger partial charge in [-0.05, 0) is 38.6 Å². The SMILES string of the molecule is CCCOCC1(O)CCN2CCCC2C1. The fourth-order valence-corrected chi connectivity index (χ4v) is 2.85. The van der Waals surface area contributed by atoms with Gasteiger partial charge in [-0.2, -0.15) is 0 Å². The van der Waals surface area contributed by atoms with Crippen LogP contribution >= 0.6 is 0 Å². The van der Waals surface area contributed by atoms with Gasteiger partial charge in [0.05, 0.1) is 12.2 Å². The van der Waals surface area contributed by atoms with Crippen molar-refractivity contribution in [1.29, 1.82) is 0 Å². The lowest BCUT2D eigenvalue weighted by Crippen LogP contribution is -2.50. The Bertz CT molecular complexity index is 210. The summed E-state index contributed by atoms with van der Waals surface area (Å²) >= 11 is 0. The van der Waals surface area contributed by atoms with E-state index in [1.54, 1.807) is 0 Å². The van der Waals surface area contributed by atoms with E-state index in [9.17, 15) is 5.11 Å². The molecule has 0 saturated carbocycles. The van der Waals surface area contributed by atoms with Gasteiger partial charge < -0.3 is 14.7 Å². The molecule has 0 aromatic carbocycles. The number of rotatable bonds is 4. The normalized spacial score (nSPS) is 36.8. The number of fused-ring (bicyclic) bond motifs is 1. The van der Waals surface area contributed by atoms with Crippen LogP contribution in [0, 0.1) is 0 Å². The highest BCUT2D eigenvalue weighted by molar-refractivity contribution is 4.94.